The van der Waals surface area contributed by atoms with Gasteiger partial charge in [0.05, 0.1) is 0 Å². The lowest BCUT2D eigenvalue weighted by Gasteiger charge is -2.20. The second-order valence-electron chi connectivity index (χ2n) is 3.94. The van der Waals surface area contributed by atoms with Crippen LogP contribution in [0.1, 0.15) is 46.5 Å². The Labute approximate surface area is 74.3 Å². The van der Waals surface area contributed by atoms with Gasteiger partial charge in [0, 0.05) is 19.3 Å². The maximum atomic E-state index is 11.2. The molecule has 70 valence electrons. The van der Waals surface area contributed by atoms with Gasteiger partial charge >= 0.3 is 0 Å². The largest absolute Gasteiger partial charge is 0.303 e. The lowest BCUT2D eigenvalue weighted by atomic mass is 9.84. The van der Waals surface area contributed by atoms with Gasteiger partial charge < -0.3 is 4.79 Å². The summed E-state index contributed by atoms with van der Waals surface area (Å²) in [6.45, 7) is 6.23. The summed E-state index contributed by atoms with van der Waals surface area (Å²) < 4.78 is 0. The second-order valence-corrected chi connectivity index (χ2v) is 3.94. The molecule has 2 heteroatoms. The first-order valence-corrected chi connectivity index (χ1v) is 4.47. The third-order valence-corrected chi connectivity index (χ3v) is 2.17. The fourth-order valence-electron chi connectivity index (χ4n) is 0.967. The number of carbonyl (C=O) groups excluding carboxylic acids is 2. The smallest absolute Gasteiger partial charge is 0.133 e. The standard InChI is InChI=1S/C10H18O2/c1-4-10(2,3)8-9(12)6-5-7-11/h7H,4-6,8H2,1-3H3. The molecule has 0 saturated heterocycles. The molecule has 0 aromatic rings. The Hall–Kier alpha value is -0.660. The fraction of sp³-hybridized carbons (Fsp3) is 0.800. The number of ketones is 1. The number of hydrogen-bond donors (Lipinski definition) is 0. The third-order valence-electron chi connectivity index (χ3n) is 2.17. The second kappa shape index (κ2) is 5.07. The number of carbonyl (C=O) groups is 2. The van der Waals surface area contributed by atoms with Gasteiger partial charge in [-0.05, 0) is 5.41 Å². The topological polar surface area (TPSA) is 34.1 Å². The zero-order chi connectivity index (χ0) is 9.61. The van der Waals surface area contributed by atoms with Gasteiger partial charge in [0.15, 0.2) is 0 Å². The van der Waals surface area contributed by atoms with Crippen molar-refractivity contribution in [3.8, 4) is 0 Å². The molecule has 0 aliphatic carbocycles. The highest BCUT2D eigenvalue weighted by atomic mass is 16.1. The van der Waals surface area contributed by atoms with E-state index in [0.717, 1.165) is 12.7 Å². The van der Waals surface area contributed by atoms with Gasteiger partial charge in [-0.15, -0.1) is 0 Å². The molecule has 0 N–H and O–H groups in total. The molecule has 0 atom stereocenters. The van der Waals surface area contributed by atoms with Crippen LogP contribution < -0.4 is 0 Å². The molecule has 2 nitrogen and oxygen atoms in total. The molecule has 0 radical (unpaired) electrons. The minimum absolute atomic E-state index is 0.0972. The SMILES string of the molecule is CCC(C)(C)CC(=O)CCC=O. The van der Waals surface area contributed by atoms with Crippen molar-refractivity contribution in [3.63, 3.8) is 0 Å². The van der Waals surface area contributed by atoms with E-state index in [1.54, 1.807) is 0 Å². The minimum atomic E-state index is 0.0972. The molecule has 12 heavy (non-hydrogen) atoms. The lowest BCUT2D eigenvalue weighted by molar-refractivity contribution is -0.122. The van der Waals surface area contributed by atoms with Crippen molar-refractivity contribution in [1.29, 1.82) is 0 Å². The Bertz CT molecular complexity index is 159. The summed E-state index contributed by atoms with van der Waals surface area (Å²) in [5, 5.41) is 0. The van der Waals surface area contributed by atoms with Crippen LogP contribution in [0, 0.1) is 5.41 Å². The van der Waals surface area contributed by atoms with E-state index < -0.39 is 0 Å². The number of rotatable bonds is 6. The van der Waals surface area contributed by atoms with Crippen LogP contribution in [0.25, 0.3) is 0 Å². The molecule has 0 aromatic heterocycles. The van der Waals surface area contributed by atoms with Crippen LogP contribution in [0.4, 0.5) is 0 Å². The van der Waals surface area contributed by atoms with E-state index >= 15 is 0 Å². The van der Waals surface area contributed by atoms with Crippen LogP contribution in [0.2, 0.25) is 0 Å². The predicted octanol–water partition coefficient (Wildman–Crippen LogP) is 2.36. The monoisotopic (exact) mass is 170 g/mol. The van der Waals surface area contributed by atoms with Gasteiger partial charge in [-0.1, -0.05) is 27.2 Å². The summed E-state index contributed by atoms with van der Waals surface area (Å²) in [5.41, 5.74) is 0.0972. The Morgan fingerprint density at radius 1 is 1.42 bits per heavy atom. The van der Waals surface area contributed by atoms with Gasteiger partial charge in [0.2, 0.25) is 0 Å². The highest BCUT2D eigenvalue weighted by molar-refractivity contribution is 5.80. The molecule has 0 unspecified atom stereocenters. The summed E-state index contributed by atoms with van der Waals surface area (Å²) >= 11 is 0. The van der Waals surface area contributed by atoms with Crippen LogP contribution in [0.5, 0.6) is 0 Å². The molecule has 0 aliphatic heterocycles. The molecule has 0 aromatic carbocycles. The van der Waals surface area contributed by atoms with Gasteiger partial charge in [-0.2, -0.15) is 0 Å². The van der Waals surface area contributed by atoms with Crippen molar-refractivity contribution in [2.24, 2.45) is 5.41 Å². The zero-order valence-corrected chi connectivity index (χ0v) is 8.22. The van der Waals surface area contributed by atoms with E-state index in [-0.39, 0.29) is 11.2 Å². The van der Waals surface area contributed by atoms with Crippen LogP contribution in [-0.2, 0) is 9.59 Å². The molecule has 0 saturated carbocycles. The van der Waals surface area contributed by atoms with Gasteiger partial charge in [0.1, 0.15) is 12.1 Å². The van der Waals surface area contributed by atoms with Gasteiger partial charge in [0.25, 0.3) is 0 Å². The molecule has 0 heterocycles. The normalized spacial score (nSPS) is 11.2. The van der Waals surface area contributed by atoms with Crippen molar-refractivity contribution in [2.45, 2.75) is 46.5 Å². The summed E-state index contributed by atoms with van der Waals surface area (Å²) in [5.74, 6) is 0.203. The van der Waals surface area contributed by atoms with Crippen molar-refractivity contribution in [1.82, 2.24) is 0 Å². The molecule has 0 fully saturated rings. The molecular formula is C10H18O2. The highest BCUT2D eigenvalue weighted by Gasteiger charge is 2.18. The highest BCUT2D eigenvalue weighted by Crippen LogP contribution is 2.25. The van der Waals surface area contributed by atoms with E-state index in [1.807, 2.05) is 0 Å². The predicted molar refractivity (Wildman–Crippen MR) is 49.0 cm³/mol. The van der Waals surface area contributed by atoms with E-state index in [1.165, 1.54) is 0 Å². The maximum absolute atomic E-state index is 11.2. The first-order chi connectivity index (χ1) is 5.52. The van der Waals surface area contributed by atoms with Crippen LogP contribution in [0.3, 0.4) is 0 Å². The fourth-order valence-corrected chi connectivity index (χ4v) is 0.967. The van der Waals surface area contributed by atoms with E-state index in [0.29, 0.717) is 19.3 Å². The summed E-state index contributed by atoms with van der Waals surface area (Å²) in [6.07, 6.45) is 3.18. The molecular weight excluding hydrogens is 152 g/mol. The Balaban J connectivity index is 3.75. The third kappa shape index (κ3) is 5.05. The first kappa shape index (κ1) is 11.3. The zero-order valence-electron chi connectivity index (χ0n) is 8.22. The van der Waals surface area contributed by atoms with Crippen molar-refractivity contribution in [3.05, 3.63) is 0 Å². The summed E-state index contributed by atoms with van der Waals surface area (Å²) in [4.78, 5) is 21.2. The number of hydrogen-bond acceptors (Lipinski definition) is 2. The van der Waals surface area contributed by atoms with E-state index in [2.05, 4.69) is 20.8 Å². The van der Waals surface area contributed by atoms with Crippen molar-refractivity contribution < 1.29 is 9.59 Å². The summed E-state index contributed by atoms with van der Waals surface area (Å²) in [6, 6.07) is 0. The van der Waals surface area contributed by atoms with E-state index in [9.17, 15) is 9.59 Å². The quantitative estimate of drug-likeness (QED) is 0.573. The Morgan fingerprint density at radius 3 is 2.42 bits per heavy atom. The van der Waals surface area contributed by atoms with Crippen molar-refractivity contribution in [2.75, 3.05) is 0 Å². The minimum Gasteiger partial charge on any atom is -0.303 e. The average Bonchev–Trinajstić information content (AvgIpc) is 2.00. The van der Waals surface area contributed by atoms with Gasteiger partial charge in [-0.3, -0.25) is 4.79 Å². The molecule has 0 aliphatic rings. The van der Waals surface area contributed by atoms with E-state index in [4.69, 9.17) is 0 Å². The molecule has 0 spiro atoms. The van der Waals surface area contributed by atoms with Crippen LogP contribution in [-0.4, -0.2) is 12.1 Å². The lowest BCUT2D eigenvalue weighted by Crippen LogP contribution is -2.15. The Kier molecular flexibility index (Phi) is 4.79. The molecule has 0 rings (SSSR count). The van der Waals surface area contributed by atoms with Crippen molar-refractivity contribution >= 4 is 12.1 Å². The maximum Gasteiger partial charge on any atom is 0.133 e. The average molecular weight is 170 g/mol. The van der Waals surface area contributed by atoms with Crippen LogP contribution >= 0.6 is 0 Å². The molecule has 0 amide bonds. The van der Waals surface area contributed by atoms with Crippen LogP contribution in [0.15, 0.2) is 0 Å². The first-order valence-electron chi connectivity index (χ1n) is 4.47. The number of aldehydes is 1. The summed E-state index contributed by atoms with van der Waals surface area (Å²) in [7, 11) is 0. The molecule has 0 bridgehead atoms. The number of Topliss-reactive ketones (excluding diaryl/α,β-unsaturated/α-hetero) is 1. The van der Waals surface area contributed by atoms with Gasteiger partial charge in [-0.25, -0.2) is 0 Å². The Morgan fingerprint density at radius 2 is 2.00 bits per heavy atom.